The molecule has 0 unspecified atom stereocenters. The molecule has 0 radical (unpaired) electrons. The third-order valence-corrected chi connectivity index (χ3v) is 1.86. The monoisotopic (exact) mass is 162 g/mol. The smallest absolute Gasteiger partial charge is 0.269 e. The van der Waals surface area contributed by atoms with Crippen molar-refractivity contribution >= 4 is 5.91 Å². The lowest BCUT2D eigenvalue weighted by Gasteiger charge is -2.10. The van der Waals surface area contributed by atoms with Gasteiger partial charge in [-0.15, -0.1) is 0 Å². The van der Waals surface area contributed by atoms with Gasteiger partial charge < -0.3 is 5.32 Å². The van der Waals surface area contributed by atoms with Crippen molar-refractivity contribution in [3.63, 3.8) is 0 Å². The van der Waals surface area contributed by atoms with Crippen LogP contribution in [0.5, 0.6) is 0 Å². The average Bonchev–Trinajstić information content (AvgIpc) is 2.49. The Hall–Kier alpha value is -1.83. The average molecular weight is 162 g/mol. The van der Waals surface area contributed by atoms with E-state index < -0.39 is 0 Å². The van der Waals surface area contributed by atoms with Crippen LogP contribution in [0.2, 0.25) is 0 Å². The molecule has 0 fully saturated rings. The van der Waals surface area contributed by atoms with Gasteiger partial charge in [0.05, 0.1) is 0 Å². The molecule has 0 aliphatic carbocycles. The van der Waals surface area contributed by atoms with E-state index in [0.29, 0.717) is 24.4 Å². The lowest BCUT2D eigenvalue weighted by Crippen LogP contribution is -2.31. The summed E-state index contributed by atoms with van der Waals surface area (Å²) < 4.78 is 0. The van der Waals surface area contributed by atoms with Gasteiger partial charge in [-0.25, -0.2) is 0 Å². The van der Waals surface area contributed by atoms with E-state index in [9.17, 15) is 4.79 Å². The van der Waals surface area contributed by atoms with E-state index in [2.05, 4.69) is 15.5 Å². The molecular weight excluding hydrogens is 156 g/mol. The number of H-pyrrole nitrogens is 1. The van der Waals surface area contributed by atoms with Gasteiger partial charge in [0.2, 0.25) is 0 Å². The summed E-state index contributed by atoms with van der Waals surface area (Å²) in [6, 6.07) is 1.93. The Kier molecular flexibility index (Phi) is 1.34. The number of hydrogen-bond donors (Lipinski definition) is 2. The molecule has 5 nitrogen and oxygen atoms in total. The second-order valence-corrected chi connectivity index (χ2v) is 2.54. The number of amides is 1. The first-order chi connectivity index (χ1) is 5.83. The summed E-state index contributed by atoms with van der Waals surface area (Å²) in [5, 5.41) is 17.5. The number of fused-ring (bicyclic) bond motifs is 1. The molecule has 2 heterocycles. The van der Waals surface area contributed by atoms with Crippen LogP contribution in [-0.4, -0.2) is 22.6 Å². The van der Waals surface area contributed by atoms with Gasteiger partial charge in [0, 0.05) is 12.1 Å². The molecule has 0 aromatic carbocycles. The molecule has 60 valence electrons. The highest BCUT2D eigenvalue weighted by Crippen LogP contribution is 2.13. The fraction of sp³-hybridized carbons (Fsp3) is 0.286. The summed E-state index contributed by atoms with van der Waals surface area (Å²) >= 11 is 0. The molecule has 1 aliphatic heterocycles. The molecule has 0 bridgehead atoms. The summed E-state index contributed by atoms with van der Waals surface area (Å²) in [6.45, 7) is 0.583. The van der Waals surface area contributed by atoms with Crippen molar-refractivity contribution in [3.05, 3.63) is 17.0 Å². The Balaban J connectivity index is 2.57. The van der Waals surface area contributed by atoms with Crippen LogP contribution in [-0.2, 0) is 6.42 Å². The molecule has 2 rings (SSSR count). The highest BCUT2D eigenvalue weighted by atomic mass is 16.2. The van der Waals surface area contributed by atoms with Gasteiger partial charge in [-0.05, 0) is 6.42 Å². The van der Waals surface area contributed by atoms with Crippen LogP contribution in [0, 0.1) is 11.3 Å². The number of rotatable bonds is 0. The third kappa shape index (κ3) is 0.782. The Morgan fingerprint density at radius 3 is 3.17 bits per heavy atom. The maximum atomic E-state index is 11.1. The quantitative estimate of drug-likeness (QED) is 0.543. The van der Waals surface area contributed by atoms with Crippen molar-refractivity contribution in [2.75, 3.05) is 6.54 Å². The zero-order chi connectivity index (χ0) is 8.55. The Labute approximate surface area is 68.4 Å². The second kappa shape index (κ2) is 2.34. The molecule has 2 N–H and O–H groups in total. The second-order valence-electron chi connectivity index (χ2n) is 2.54. The normalized spacial score (nSPS) is 14.8. The molecule has 1 aromatic rings. The zero-order valence-corrected chi connectivity index (χ0v) is 6.22. The number of aromatic nitrogens is 2. The van der Waals surface area contributed by atoms with Crippen LogP contribution in [0.15, 0.2) is 0 Å². The maximum absolute atomic E-state index is 11.1. The molecule has 5 heteroatoms. The number of hydrogen-bond acceptors (Lipinski definition) is 3. The van der Waals surface area contributed by atoms with Gasteiger partial charge in [-0.2, -0.15) is 10.4 Å². The molecule has 0 saturated carbocycles. The molecule has 0 atom stereocenters. The third-order valence-electron chi connectivity index (χ3n) is 1.86. The van der Waals surface area contributed by atoms with E-state index in [4.69, 9.17) is 5.26 Å². The summed E-state index contributed by atoms with van der Waals surface area (Å²) in [6.07, 6.45) is 0.681. The Bertz CT molecular complexity index is 373. The Morgan fingerprint density at radius 1 is 1.58 bits per heavy atom. The molecule has 1 aromatic heterocycles. The van der Waals surface area contributed by atoms with E-state index in [1.165, 1.54) is 0 Å². The van der Waals surface area contributed by atoms with E-state index >= 15 is 0 Å². The fourth-order valence-electron chi connectivity index (χ4n) is 1.28. The van der Waals surface area contributed by atoms with E-state index in [-0.39, 0.29) is 5.91 Å². The Morgan fingerprint density at radius 2 is 2.42 bits per heavy atom. The predicted octanol–water partition coefficient (Wildman–Crippen LogP) is -0.433. The standard InChI is InChI=1S/C7H6N4O/c8-3-5-4-1-2-9-7(12)6(4)11-10-5/h1-2H2,(H,9,12)(H,10,11). The van der Waals surface area contributed by atoms with Crippen LogP contribution in [0.3, 0.4) is 0 Å². The highest BCUT2D eigenvalue weighted by molar-refractivity contribution is 5.95. The van der Waals surface area contributed by atoms with Crippen molar-refractivity contribution in [1.29, 1.82) is 5.26 Å². The van der Waals surface area contributed by atoms with Crippen LogP contribution in [0.4, 0.5) is 0 Å². The van der Waals surface area contributed by atoms with Crippen molar-refractivity contribution in [2.45, 2.75) is 6.42 Å². The van der Waals surface area contributed by atoms with Gasteiger partial charge in [0.25, 0.3) is 5.91 Å². The first-order valence-electron chi connectivity index (χ1n) is 3.58. The molecule has 12 heavy (non-hydrogen) atoms. The van der Waals surface area contributed by atoms with Gasteiger partial charge in [0.1, 0.15) is 11.8 Å². The molecule has 0 saturated heterocycles. The molecular formula is C7H6N4O. The minimum absolute atomic E-state index is 0.176. The van der Waals surface area contributed by atoms with E-state index in [1.54, 1.807) is 0 Å². The summed E-state index contributed by atoms with van der Waals surface area (Å²) in [7, 11) is 0. The van der Waals surface area contributed by atoms with Crippen molar-refractivity contribution < 1.29 is 4.79 Å². The number of nitrogens with one attached hydrogen (secondary N) is 2. The molecule has 1 aliphatic rings. The maximum Gasteiger partial charge on any atom is 0.269 e. The van der Waals surface area contributed by atoms with Gasteiger partial charge in [-0.3, -0.25) is 9.89 Å². The number of aromatic amines is 1. The first kappa shape index (κ1) is 6.85. The first-order valence-corrected chi connectivity index (χ1v) is 3.58. The van der Waals surface area contributed by atoms with Crippen molar-refractivity contribution in [3.8, 4) is 6.07 Å². The molecule has 0 spiro atoms. The van der Waals surface area contributed by atoms with E-state index in [0.717, 1.165) is 5.56 Å². The van der Waals surface area contributed by atoms with Gasteiger partial charge in [0.15, 0.2) is 5.69 Å². The van der Waals surface area contributed by atoms with Crippen LogP contribution >= 0.6 is 0 Å². The van der Waals surface area contributed by atoms with Crippen LogP contribution in [0.25, 0.3) is 0 Å². The minimum atomic E-state index is -0.176. The van der Waals surface area contributed by atoms with E-state index in [1.807, 2.05) is 6.07 Å². The summed E-state index contributed by atoms with van der Waals surface area (Å²) in [5.41, 5.74) is 1.50. The number of nitrogens with zero attached hydrogens (tertiary/aromatic N) is 2. The zero-order valence-electron chi connectivity index (χ0n) is 6.22. The minimum Gasteiger partial charge on any atom is -0.350 e. The molecule has 1 amide bonds. The van der Waals surface area contributed by atoms with Gasteiger partial charge >= 0.3 is 0 Å². The summed E-state index contributed by atoms with van der Waals surface area (Å²) in [4.78, 5) is 11.1. The topological polar surface area (TPSA) is 81.6 Å². The van der Waals surface area contributed by atoms with Crippen molar-refractivity contribution in [2.24, 2.45) is 0 Å². The number of nitriles is 1. The van der Waals surface area contributed by atoms with Crippen LogP contribution < -0.4 is 5.32 Å². The lowest BCUT2D eigenvalue weighted by atomic mass is 10.1. The predicted molar refractivity (Wildman–Crippen MR) is 39.3 cm³/mol. The van der Waals surface area contributed by atoms with Crippen molar-refractivity contribution in [1.82, 2.24) is 15.5 Å². The summed E-state index contributed by atoms with van der Waals surface area (Å²) in [5.74, 6) is -0.176. The SMILES string of the molecule is N#Cc1n[nH]c2c1CCNC2=O. The highest BCUT2D eigenvalue weighted by Gasteiger charge is 2.22. The van der Waals surface area contributed by atoms with Gasteiger partial charge in [-0.1, -0.05) is 0 Å². The largest absolute Gasteiger partial charge is 0.350 e. The lowest BCUT2D eigenvalue weighted by molar-refractivity contribution is 0.0941. The number of carbonyl (C=O) groups excluding carboxylic acids is 1. The fourth-order valence-corrected chi connectivity index (χ4v) is 1.28. The number of carbonyl (C=O) groups is 1. The van der Waals surface area contributed by atoms with Crippen LogP contribution in [0.1, 0.15) is 21.7 Å².